The zero-order chi connectivity index (χ0) is 14.9. The average molecular weight is 323 g/mol. The lowest BCUT2D eigenvalue weighted by Crippen LogP contribution is -2.23. The number of rotatable bonds is 4. The highest BCUT2D eigenvalue weighted by Crippen LogP contribution is 2.17. The molecule has 0 fully saturated rings. The molecule has 0 aliphatic rings. The van der Waals surface area contributed by atoms with Crippen LogP contribution in [-0.4, -0.2) is 13.4 Å². The Morgan fingerprint density at radius 3 is 2.71 bits per heavy atom. The second kappa shape index (κ2) is 5.48. The van der Waals surface area contributed by atoms with E-state index in [0.717, 1.165) is 0 Å². The Labute approximate surface area is 126 Å². The smallest absolute Gasteiger partial charge is 0.241 e. The fraction of sp³-hybridized carbons (Fsp3) is 0.0714. The van der Waals surface area contributed by atoms with E-state index < -0.39 is 10.0 Å². The second-order valence-electron chi connectivity index (χ2n) is 4.36. The molecule has 0 aliphatic carbocycles. The van der Waals surface area contributed by atoms with Gasteiger partial charge in [-0.05, 0) is 30.3 Å². The van der Waals surface area contributed by atoms with Crippen molar-refractivity contribution in [3.05, 3.63) is 59.4 Å². The van der Waals surface area contributed by atoms with Gasteiger partial charge in [0, 0.05) is 5.02 Å². The first-order valence-electron chi connectivity index (χ1n) is 6.14. The molecule has 1 heterocycles. The minimum absolute atomic E-state index is 0.0243. The van der Waals surface area contributed by atoms with E-state index in [4.69, 9.17) is 16.0 Å². The van der Waals surface area contributed by atoms with Crippen LogP contribution in [0.15, 0.2) is 57.8 Å². The van der Waals surface area contributed by atoms with Crippen LogP contribution in [0.2, 0.25) is 5.02 Å². The van der Waals surface area contributed by atoms with Crippen molar-refractivity contribution in [3.8, 4) is 0 Å². The zero-order valence-corrected chi connectivity index (χ0v) is 12.4. The summed E-state index contributed by atoms with van der Waals surface area (Å²) in [5.41, 5.74) is 1.31. The standard InChI is InChI=1S/C14H11ClN2O3S/c15-10-4-3-5-11(8-10)21(18,19)16-9-14-17-12-6-1-2-7-13(12)20-14/h1-8,16H,9H2. The minimum atomic E-state index is -3.65. The van der Waals surface area contributed by atoms with Gasteiger partial charge in [0.25, 0.3) is 0 Å². The van der Waals surface area contributed by atoms with E-state index in [2.05, 4.69) is 9.71 Å². The summed E-state index contributed by atoms with van der Waals surface area (Å²) < 4.78 is 32.2. The van der Waals surface area contributed by atoms with Gasteiger partial charge in [-0.25, -0.2) is 18.1 Å². The number of fused-ring (bicyclic) bond motifs is 1. The van der Waals surface area contributed by atoms with E-state index in [1.54, 1.807) is 24.3 Å². The lowest BCUT2D eigenvalue weighted by Gasteiger charge is -2.04. The van der Waals surface area contributed by atoms with Gasteiger partial charge in [-0.3, -0.25) is 0 Å². The van der Waals surface area contributed by atoms with Gasteiger partial charge in [-0.15, -0.1) is 0 Å². The first-order valence-corrected chi connectivity index (χ1v) is 8.00. The molecule has 0 aliphatic heterocycles. The molecule has 7 heteroatoms. The summed E-state index contributed by atoms with van der Waals surface area (Å²) in [5.74, 6) is 0.307. The molecule has 5 nitrogen and oxygen atoms in total. The molecule has 21 heavy (non-hydrogen) atoms. The highest BCUT2D eigenvalue weighted by molar-refractivity contribution is 7.89. The van der Waals surface area contributed by atoms with Crippen molar-refractivity contribution >= 4 is 32.7 Å². The van der Waals surface area contributed by atoms with E-state index >= 15 is 0 Å². The van der Waals surface area contributed by atoms with E-state index in [1.807, 2.05) is 12.1 Å². The van der Waals surface area contributed by atoms with Crippen LogP contribution in [0, 0.1) is 0 Å². The molecule has 0 bridgehead atoms. The number of halogens is 1. The molecule has 0 amide bonds. The molecular formula is C14H11ClN2O3S. The Morgan fingerprint density at radius 1 is 1.14 bits per heavy atom. The number of oxazole rings is 1. The summed E-state index contributed by atoms with van der Waals surface area (Å²) in [6, 6.07) is 13.3. The maximum atomic E-state index is 12.1. The first kappa shape index (κ1) is 14.1. The number of hydrogen-bond acceptors (Lipinski definition) is 4. The van der Waals surface area contributed by atoms with Crippen molar-refractivity contribution in [2.24, 2.45) is 0 Å². The lowest BCUT2D eigenvalue weighted by molar-refractivity contribution is 0.513. The number of aromatic nitrogens is 1. The second-order valence-corrected chi connectivity index (χ2v) is 6.56. The number of nitrogens with one attached hydrogen (secondary N) is 1. The molecule has 3 rings (SSSR count). The van der Waals surface area contributed by atoms with Gasteiger partial charge in [0.2, 0.25) is 15.9 Å². The highest BCUT2D eigenvalue weighted by Gasteiger charge is 2.15. The summed E-state index contributed by atoms with van der Waals surface area (Å²) in [6.07, 6.45) is 0. The predicted molar refractivity (Wildman–Crippen MR) is 79.5 cm³/mol. The molecule has 0 radical (unpaired) electrons. The number of para-hydroxylation sites is 2. The van der Waals surface area contributed by atoms with Crippen molar-refractivity contribution < 1.29 is 12.8 Å². The lowest BCUT2D eigenvalue weighted by atomic mass is 10.3. The molecule has 0 atom stereocenters. The molecule has 108 valence electrons. The van der Waals surface area contributed by atoms with Crippen molar-refractivity contribution in [2.75, 3.05) is 0 Å². The normalized spacial score (nSPS) is 11.9. The third kappa shape index (κ3) is 3.07. The number of nitrogens with zero attached hydrogens (tertiary/aromatic N) is 1. The van der Waals surface area contributed by atoms with E-state index in [-0.39, 0.29) is 11.4 Å². The maximum absolute atomic E-state index is 12.1. The van der Waals surface area contributed by atoms with Crippen LogP contribution in [0.3, 0.4) is 0 Å². The predicted octanol–water partition coefficient (Wildman–Crippen LogP) is 2.96. The third-order valence-corrected chi connectivity index (χ3v) is 4.49. The molecular weight excluding hydrogens is 312 g/mol. The van der Waals surface area contributed by atoms with Gasteiger partial charge in [0.1, 0.15) is 5.52 Å². The van der Waals surface area contributed by atoms with Crippen molar-refractivity contribution in [2.45, 2.75) is 11.4 Å². The maximum Gasteiger partial charge on any atom is 0.241 e. The van der Waals surface area contributed by atoms with Gasteiger partial charge in [0.15, 0.2) is 5.58 Å². The van der Waals surface area contributed by atoms with Gasteiger partial charge in [-0.2, -0.15) is 0 Å². The molecule has 0 unspecified atom stereocenters. The number of sulfonamides is 1. The zero-order valence-electron chi connectivity index (χ0n) is 10.8. The quantitative estimate of drug-likeness (QED) is 0.801. The summed E-state index contributed by atoms with van der Waals surface area (Å²) in [6.45, 7) is -0.0243. The molecule has 3 aromatic rings. The average Bonchev–Trinajstić information content (AvgIpc) is 2.88. The van der Waals surface area contributed by atoms with E-state index in [9.17, 15) is 8.42 Å². The van der Waals surface area contributed by atoms with E-state index in [1.165, 1.54) is 12.1 Å². The van der Waals surface area contributed by atoms with Crippen LogP contribution in [-0.2, 0) is 16.6 Å². The summed E-state index contributed by atoms with van der Waals surface area (Å²) in [5, 5.41) is 0.361. The summed E-state index contributed by atoms with van der Waals surface area (Å²) >= 11 is 5.80. The molecule has 2 aromatic carbocycles. The van der Waals surface area contributed by atoms with Crippen LogP contribution in [0.5, 0.6) is 0 Å². The van der Waals surface area contributed by atoms with Gasteiger partial charge in [-0.1, -0.05) is 29.8 Å². The molecule has 1 N–H and O–H groups in total. The van der Waals surface area contributed by atoms with Crippen LogP contribution in [0.1, 0.15) is 5.89 Å². The fourth-order valence-corrected chi connectivity index (χ4v) is 3.14. The van der Waals surface area contributed by atoms with Crippen LogP contribution < -0.4 is 4.72 Å². The Morgan fingerprint density at radius 2 is 1.95 bits per heavy atom. The Hall–Kier alpha value is -1.89. The topological polar surface area (TPSA) is 72.2 Å². The molecule has 0 saturated carbocycles. The highest BCUT2D eigenvalue weighted by atomic mass is 35.5. The van der Waals surface area contributed by atoms with Crippen molar-refractivity contribution in [1.29, 1.82) is 0 Å². The molecule has 0 spiro atoms. The molecule has 1 aromatic heterocycles. The first-order chi connectivity index (χ1) is 10.0. The van der Waals surface area contributed by atoms with Crippen LogP contribution in [0.4, 0.5) is 0 Å². The third-order valence-electron chi connectivity index (χ3n) is 2.86. The van der Waals surface area contributed by atoms with Crippen LogP contribution >= 0.6 is 11.6 Å². The van der Waals surface area contributed by atoms with Crippen molar-refractivity contribution in [1.82, 2.24) is 9.71 Å². The Kier molecular flexibility index (Phi) is 3.67. The van der Waals surface area contributed by atoms with Gasteiger partial charge >= 0.3 is 0 Å². The Balaban J connectivity index is 1.80. The fourth-order valence-electron chi connectivity index (χ4n) is 1.87. The summed E-state index contributed by atoms with van der Waals surface area (Å²) in [7, 11) is -3.65. The van der Waals surface area contributed by atoms with Crippen LogP contribution in [0.25, 0.3) is 11.1 Å². The Bertz CT molecular complexity index is 857. The number of benzene rings is 2. The van der Waals surface area contributed by atoms with Gasteiger partial charge in [0.05, 0.1) is 11.4 Å². The molecule has 0 saturated heterocycles. The SMILES string of the molecule is O=S(=O)(NCc1nc2ccccc2o1)c1cccc(Cl)c1. The summed E-state index contributed by atoms with van der Waals surface area (Å²) in [4.78, 5) is 4.31. The van der Waals surface area contributed by atoms with E-state index in [0.29, 0.717) is 22.0 Å². The van der Waals surface area contributed by atoms with Gasteiger partial charge < -0.3 is 4.42 Å². The number of hydrogen-bond donors (Lipinski definition) is 1. The largest absolute Gasteiger partial charge is 0.439 e. The van der Waals surface area contributed by atoms with Crippen molar-refractivity contribution in [3.63, 3.8) is 0 Å². The minimum Gasteiger partial charge on any atom is -0.439 e. The monoisotopic (exact) mass is 322 g/mol.